The fraction of sp³-hybridized carbons (Fsp3) is 0.500. The first kappa shape index (κ1) is 14.8. The molecule has 0 saturated heterocycles. The molecule has 0 spiro atoms. The Hall–Kier alpha value is 1.77. The quantitative estimate of drug-likeness (QED) is 0.374. The van der Waals surface area contributed by atoms with Crippen molar-refractivity contribution < 1.29 is 0 Å². The molecule has 0 amide bonds. The predicted octanol–water partition coefficient (Wildman–Crippen LogP) is 5.62. The van der Waals surface area contributed by atoms with E-state index in [-0.39, 0.29) is 8.08 Å². The van der Waals surface area contributed by atoms with Crippen molar-refractivity contribution in [2.75, 3.05) is 6.66 Å². The smallest absolute Gasteiger partial charge is 0.208 e. The standard InChI is InChI=1S/C4H7Cl4N2P3/c1-3-4-13(2,8)9-12(7)10(5)11-6/h11H,1-2H3. The van der Waals surface area contributed by atoms with Gasteiger partial charge in [-0.25, -0.2) is 4.52 Å². The van der Waals surface area contributed by atoms with Crippen LogP contribution < -0.4 is 0 Å². The summed E-state index contributed by atoms with van der Waals surface area (Å²) in [5.74, 6) is 2.70. The van der Waals surface area contributed by atoms with E-state index in [1.165, 1.54) is 3.96 Å². The van der Waals surface area contributed by atoms with Crippen LogP contribution in [-0.2, 0) is 0 Å². The third kappa shape index (κ3) is 6.78. The second-order valence-corrected chi connectivity index (χ2v) is 10.7. The molecule has 0 aliphatic carbocycles. The molecule has 0 aromatic heterocycles. The van der Waals surface area contributed by atoms with E-state index in [2.05, 4.69) is 16.1 Å². The van der Waals surface area contributed by atoms with E-state index < -0.39 is 14.0 Å². The lowest BCUT2D eigenvalue weighted by molar-refractivity contribution is 1.22. The van der Waals surface area contributed by atoms with Crippen molar-refractivity contribution in [1.29, 1.82) is 0 Å². The highest BCUT2D eigenvalue weighted by atomic mass is 35.7. The maximum Gasteiger partial charge on any atom is 0.208 e. The van der Waals surface area contributed by atoms with Gasteiger partial charge in [0.25, 0.3) is 0 Å². The fourth-order valence-corrected chi connectivity index (χ4v) is 6.98. The summed E-state index contributed by atoms with van der Waals surface area (Å²) in [6.45, 7) is 3.46. The Balaban J connectivity index is 4.60. The molecule has 0 bridgehead atoms. The lowest BCUT2D eigenvalue weighted by atomic mass is 10.8. The van der Waals surface area contributed by atoms with Gasteiger partial charge in [0.2, 0.25) is 7.58 Å². The van der Waals surface area contributed by atoms with E-state index in [1.807, 2.05) is 0 Å². The molecule has 0 saturated carbocycles. The highest BCUT2D eigenvalue weighted by molar-refractivity contribution is 8.00. The van der Waals surface area contributed by atoms with Gasteiger partial charge in [0.15, 0.2) is 0 Å². The molecule has 0 N–H and O–H groups in total. The molecule has 9 heteroatoms. The van der Waals surface area contributed by atoms with Gasteiger partial charge in [-0.3, -0.25) is 0 Å². The maximum absolute atomic E-state index is 6.01. The Morgan fingerprint density at radius 3 is 2.54 bits per heavy atom. The summed E-state index contributed by atoms with van der Waals surface area (Å²) in [6, 6.07) is 0. The van der Waals surface area contributed by atoms with Crippen molar-refractivity contribution in [1.82, 2.24) is 3.96 Å². The third-order valence-electron chi connectivity index (χ3n) is 0.772. The van der Waals surface area contributed by atoms with Crippen molar-refractivity contribution in [2.45, 2.75) is 6.92 Å². The largest absolute Gasteiger partial charge is 0.219 e. The topological polar surface area (TPSA) is 15.6 Å². The first-order chi connectivity index (χ1) is 5.93. The van der Waals surface area contributed by atoms with Crippen LogP contribution in [0.5, 0.6) is 0 Å². The van der Waals surface area contributed by atoms with Gasteiger partial charge in [-0.05, 0) is 42.3 Å². The number of hydrogen-bond acceptors (Lipinski definition) is 2. The van der Waals surface area contributed by atoms with Gasteiger partial charge in [-0.2, -0.15) is 0 Å². The first-order valence-electron chi connectivity index (χ1n) is 2.94. The molecule has 3 unspecified atom stereocenters. The molecule has 0 radical (unpaired) electrons. The predicted molar refractivity (Wildman–Crippen MR) is 69.2 cm³/mol. The molecule has 0 aliphatic heterocycles. The van der Waals surface area contributed by atoms with Gasteiger partial charge < -0.3 is 0 Å². The molecule has 0 rings (SSSR count). The highest BCUT2D eigenvalue weighted by Crippen LogP contribution is 2.65. The van der Waals surface area contributed by atoms with Gasteiger partial charge in [0, 0.05) is 0 Å². The van der Waals surface area contributed by atoms with Crippen LogP contribution >= 0.6 is 67.6 Å². The third-order valence-corrected chi connectivity index (χ3v) is 8.98. The number of nitrogens with zero attached hydrogens (tertiary/aromatic N) is 2. The SMILES string of the molecule is CC#CP(C)(Cl)=NP(Cl)N(Cl)PCl. The Morgan fingerprint density at radius 1 is 1.62 bits per heavy atom. The van der Waals surface area contributed by atoms with E-state index in [0.29, 0.717) is 0 Å². The zero-order chi connectivity index (χ0) is 10.5. The van der Waals surface area contributed by atoms with Crippen molar-refractivity contribution in [3.8, 4) is 11.6 Å². The van der Waals surface area contributed by atoms with Gasteiger partial charge in [0.1, 0.15) is 6.41 Å². The molecular weight excluding hydrogens is 311 g/mol. The molecule has 76 valence electrons. The lowest BCUT2D eigenvalue weighted by Gasteiger charge is -2.13. The summed E-state index contributed by atoms with van der Waals surface area (Å²) >= 11 is 23.0. The van der Waals surface area contributed by atoms with Crippen molar-refractivity contribution >= 4 is 67.6 Å². The van der Waals surface area contributed by atoms with E-state index >= 15 is 0 Å². The van der Waals surface area contributed by atoms with Crippen molar-refractivity contribution in [3.05, 3.63) is 0 Å². The van der Waals surface area contributed by atoms with Gasteiger partial charge in [-0.15, -0.1) is 3.96 Å². The average molecular weight is 318 g/mol. The molecule has 2 nitrogen and oxygen atoms in total. The van der Waals surface area contributed by atoms with Crippen LogP contribution in [0, 0.1) is 11.6 Å². The Morgan fingerprint density at radius 2 is 2.15 bits per heavy atom. The summed E-state index contributed by atoms with van der Waals surface area (Å²) in [6.07, 6.45) is -2.11. The zero-order valence-electron chi connectivity index (χ0n) is 6.80. The summed E-state index contributed by atoms with van der Waals surface area (Å²) in [5.41, 5.74) is 2.80. The molecule has 0 aliphatic rings. The molecule has 0 aromatic carbocycles. The number of rotatable bonds is 3. The Bertz CT molecular complexity index is 266. The van der Waals surface area contributed by atoms with E-state index in [1.54, 1.807) is 13.6 Å². The Labute approximate surface area is 101 Å². The first-order valence-corrected chi connectivity index (χ1v) is 10.5. The second kappa shape index (κ2) is 7.11. The summed E-state index contributed by atoms with van der Waals surface area (Å²) in [7, 11) is -1.47. The summed E-state index contributed by atoms with van der Waals surface area (Å²) < 4.78 is 5.35. The molecule has 0 heterocycles. The van der Waals surface area contributed by atoms with Crippen LogP contribution in [0.15, 0.2) is 4.52 Å². The maximum atomic E-state index is 6.01. The highest BCUT2D eigenvalue weighted by Gasteiger charge is 2.15. The van der Waals surface area contributed by atoms with Crippen molar-refractivity contribution in [2.24, 2.45) is 4.52 Å². The minimum absolute atomic E-state index is 0.115. The summed E-state index contributed by atoms with van der Waals surface area (Å²) in [5, 5.41) is 0. The van der Waals surface area contributed by atoms with Gasteiger partial charge in [-0.1, -0.05) is 28.4 Å². The van der Waals surface area contributed by atoms with Gasteiger partial charge >= 0.3 is 0 Å². The van der Waals surface area contributed by atoms with Crippen LogP contribution in [0.4, 0.5) is 0 Å². The molecule has 3 atom stereocenters. The minimum atomic E-state index is -2.11. The van der Waals surface area contributed by atoms with Crippen molar-refractivity contribution in [3.63, 3.8) is 0 Å². The normalized spacial score (nSPS) is 18.1. The fourth-order valence-electron chi connectivity index (χ4n) is 0.431. The van der Waals surface area contributed by atoms with E-state index in [0.717, 1.165) is 0 Å². The molecule has 0 fully saturated rings. The Kier molecular flexibility index (Phi) is 8.08. The van der Waals surface area contributed by atoms with Gasteiger partial charge in [0.05, 0.1) is 8.08 Å². The van der Waals surface area contributed by atoms with Crippen LogP contribution in [0.2, 0.25) is 0 Å². The van der Waals surface area contributed by atoms with E-state index in [4.69, 9.17) is 45.5 Å². The zero-order valence-corrected chi connectivity index (χ0v) is 12.6. The minimum Gasteiger partial charge on any atom is -0.219 e. The average Bonchev–Trinajstić information content (AvgIpc) is 2.01. The second-order valence-electron chi connectivity index (χ2n) is 1.89. The van der Waals surface area contributed by atoms with Crippen LogP contribution in [-0.4, -0.2) is 10.6 Å². The van der Waals surface area contributed by atoms with E-state index in [9.17, 15) is 0 Å². The summed E-state index contributed by atoms with van der Waals surface area (Å²) in [4.78, 5) is 0. The molecular formula is C4H7Cl4N2P3. The lowest BCUT2D eigenvalue weighted by Crippen LogP contribution is -1.80. The molecule has 0 aromatic rings. The van der Waals surface area contributed by atoms with Crippen LogP contribution in [0.3, 0.4) is 0 Å². The van der Waals surface area contributed by atoms with Crippen LogP contribution in [0.1, 0.15) is 6.92 Å². The monoisotopic (exact) mass is 316 g/mol. The number of halogens is 4. The van der Waals surface area contributed by atoms with Crippen LogP contribution in [0.25, 0.3) is 0 Å². The number of hydrogen-bond donors (Lipinski definition) is 0. The molecule has 13 heavy (non-hydrogen) atoms.